The molecule has 1 aromatic carbocycles. The average Bonchev–Trinajstić information content (AvgIpc) is 2.78. The van der Waals surface area contributed by atoms with Crippen molar-refractivity contribution in [2.75, 3.05) is 18.0 Å². The highest BCUT2D eigenvalue weighted by Gasteiger charge is 2.40. The second-order valence-electron chi connectivity index (χ2n) is 8.37. The molecular weight excluding hydrogens is 433 g/mol. The van der Waals surface area contributed by atoms with Crippen LogP contribution in [0, 0.1) is 16.6 Å². The molecule has 1 saturated carbocycles. The van der Waals surface area contributed by atoms with Crippen LogP contribution in [0.25, 0.3) is 5.57 Å². The number of nitrogens with one attached hydrogen (secondary N) is 1. The first-order valence-corrected chi connectivity index (χ1v) is 10.8. The number of allylic oxidation sites excluding steroid dienone is 1. The van der Waals surface area contributed by atoms with E-state index < -0.39 is 12.4 Å². The average molecular weight is 458 g/mol. The number of aliphatic imine (C=N–C) groups is 1. The maximum Gasteiger partial charge on any atom is 0.387 e. The highest BCUT2D eigenvalue weighted by molar-refractivity contribution is 6.15. The molecule has 2 fully saturated rings. The lowest BCUT2D eigenvalue weighted by Gasteiger charge is -2.47. The van der Waals surface area contributed by atoms with Gasteiger partial charge in [0.05, 0.1) is 6.20 Å². The van der Waals surface area contributed by atoms with Gasteiger partial charge in [0, 0.05) is 24.9 Å². The Kier molecular flexibility index (Phi) is 6.62. The van der Waals surface area contributed by atoms with Crippen LogP contribution in [-0.4, -0.2) is 41.7 Å². The van der Waals surface area contributed by atoms with Gasteiger partial charge < -0.3 is 20.8 Å². The molecule has 1 aliphatic heterocycles. The number of benzene rings is 1. The van der Waals surface area contributed by atoms with Crippen molar-refractivity contribution in [2.45, 2.75) is 38.7 Å². The summed E-state index contributed by atoms with van der Waals surface area (Å²) in [6, 6.07) is 5.73. The first kappa shape index (κ1) is 22.8. The van der Waals surface area contributed by atoms with E-state index in [0.717, 1.165) is 38.3 Å². The minimum atomic E-state index is -2.92. The monoisotopic (exact) mass is 458 g/mol. The number of ether oxygens (including phenoxy) is 1. The molecule has 174 valence electrons. The molecule has 1 saturated heterocycles. The van der Waals surface area contributed by atoms with Gasteiger partial charge >= 0.3 is 6.61 Å². The fourth-order valence-corrected chi connectivity index (χ4v) is 4.29. The van der Waals surface area contributed by atoms with Gasteiger partial charge in [0.2, 0.25) is 5.95 Å². The van der Waals surface area contributed by atoms with Crippen LogP contribution in [0.1, 0.15) is 37.7 Å². The number of hydrogen-bond donors (Lipinski definition) is 2. The van der Waals surface area contributed by atoms with Crippen molar-refractivity contribution in [3.8, 4) is 5.75 Å². The zero-order chi connectivity index (χ0) is 23.4. The lowest BCUT2D eigenvalue weighted by molar-refractivity contribution is -0.0498. The molecule has 7 nitrogen and oxygen atoms in total. The predicted octanol–water partition coefficient (Wildman–Crippen LogP) is 4.71. The highest BCUT2D eigenvalue weighted by Crippen LogP contribution is 2.49. The quantitative estimate of drug-likeness (QED) is 0.462. The van der Waals surface area contributed by atoms with Gasteiger partial charge in [-0.05, 0) is 54.9 Å². The summed E-state index contributed by atoms with van der Waals surface area (Å²) in [5, 5.41) is 7.64. The second-order valence-corrected chi connectivity index (χ2v) is 8.37. The van der Waals surface area contributed by atoms with Crippen LogP contribution in [0.15, 0.2) is 41.5 Å². The summed E-state index contributed by atoms with van der Waals surface area (Å²) in [6.45, 7) is -1.27. The van der Waals surface area contributed by atoms with Crippen LogP contribution in [0.2, 0.25) is 0 Å². The van der Waals surface area contributed by atoms with Crippen molar-refractivity contribution in [3.63, 3.8) is 0 Å². The van der Waals surface area contributed by atoms with E-state index in [-0.39, 0.29) is 17.4 Å². The van der Waals surface area contributed by atoms with Crippen molar-refractivity contribution in [3.05, 3.63) is 47.9 Å². The molecule has 1 aromatic heterocycles. The van der Waals surface area contributed by atoms with E-state index >= 15 is 0 Å². The molecule has 0 amide bonds. The zero-order valence-electron chi connectivity index (χ0n) is 18.0. The van der Waals surface area contributed by atoms with E-state index in [1.54, 1.807) is 0 Å². The fraction of sp³-hybridized carbons (Fsp3) is 0.391. The van der Waals surface area contributed by atoms with Crippen LogP contribution in [0.5, 0.6) is 5.75 Å². The number of rotatable bonds is 7. The topological polar surface area (TPSA) is 100 Å². The van der Waals surface area contributed by atoms with Crippen LogP contribution in [0.4, 0.5) is 24.9 Å². The molecule has 33 heavy (non-hydrogen) atoms. The molecule has 0 radical (unpaired) electrons. The smallest absolute Gasteiger partial charge is 0.387 e. The van der Waals surface area contributed by atoms with E-state index in [1.807, 2.05) is 4.90 Å². The number of hydrogen-bond acceptors (Lipinski definition) is 6. The molecule has 0 atom stereocenters. The number of aromatic nitrogens is 2. The highest BCUT2D eigenvalue weighted by atomic mass is 19.3. The summed E-state index contributed by atoms with van der Waals surface area (Å²) >= 11 is 0. The maximum atomic E-state index is 14.3. The lowest BCUT2D eigenvalue weighted by atomic mass is 9.63. The van der Waals surface area contributed by atoms with Gasteiger partial charge in [0.25, 0.3) is 0 Å². The third kappa shape index (κ3) is 5.32. The van der Waals surface area contributed by atoms with E-state index in [1.165, 1.54) is 49.6 Å². The Morgan fingerprint density at radius 2 is 1.88 bits per heavy atom. The number of amidine groups is 1. The van der Waals surface area contributed by atoms with Gasteiger partial charge in [-0.3, -0.25) is 0 Å². The van der Waals surface area contributed by atoms with E-state index in [9.17, 15) is 13.2 Å². The number of alkyl halides is 2. The van der Waals surface area contributed by atoms with Crippen LogP contribution < -0.4 is 15.4 Å². The van der Waals surface area contributed by atoms with Crippen molar-refractivity contribution in [2.24, 2.45) is 16.1 Å². The Hall–Kier alpha value is -3.43. The maximum absolute atomic E-state index is 14.3. The number of nitrogens with two attached hydrogens (primary N) is 1. The summed E-state index contributed by atoms with van der Waals surface area (Å²) in [5.74, 6) is -0.522. The summed E-state index contributed by atoms with van der Waals surface area (Å²) in [6.07, 6.45) is 9.54. The third-order valence-corrected chi connectivity index (χ3v) is 6.34. The Morgan fingerprint density at radius 3 is 2.45 bits per heavy atom. The van der Waals surface area contributed by atoms with Crippen molar-refractivity contribution >= 4 is 29.4 Å². The van der Waals surface area contributed by atoms with Crippen molar-refractivity contribution in [1.29, 1.82) is 5.41 Å². The minimum Gasteiger partial charge on any atom is -0.435 e. The number of nitrogens with zero attached hydrogens (tertiary/aromatic N) is 4. The Balaban J connectivity index is 1.50. The normalized spacial score (nSPS) is 18.4. The first-order valence-electron chi connectivity index (χ1n) is 10.8. The zero-order valence-corrected chi connectivity index (χ0v) is 18.0. The van der Waals surface area contributed by atoms with E-state index in [4.69, 9.17) is 11.1 Å². The number of piperidine rings is 1. The van der Waals surface area contributed by atoms with Crippen molar-refractivity contribution in [1.82, 2.24) is 9.97 Å². The molecule has 0 unspecified atom stereocenters. The fourth-order valence-electron chi connectivity index (χ4n) is 4.29. The standard InChI is InChI=1S/C23H25F3N6O/c24-18-14-29-22(32-10-8-23(9-11-32)6-1-7-23)31-20(18)30-19(28)12-16(13-27)15-2-4-17(5-3-15)33-21(25)26/h2-5,12-14,21,27H,1,6-11H2,(H2,28,29,30,31)/b16-12+,27-13?. The van der Waals surface area contributed by atoms with E-state index in [2.05, 4.69) is 19.7 Å². The largest absolute Gasteiger partial charge is 0.435 e. The Bertz CT molecular complexity index is 1060. The second kappa shape index (κ2) is 9.60. The van der Waals surface area contributed by atoms with Gasteiger partial charge in [-0.1, -0.05) is 18.6 Å². The molecule has 4 rings (SSSR count). The van der Waals surface area contributed by atoms with Gasteiger partial charge in [-0.15, -0.1) is 0 Å². The summed E-state index contributed by atoms with van der Waals surface area (Å²) in [4.78, 5) is 14.5. The molecule has 1 spiro atoms. The number of halogens is 3. The molecule has 2 aliphatic rings. The Morgan fingerprint density at radius 1 is 1.18 bits per heavy atom. The molecule has 10 heteroatoms. The predicted molar refractivity (Wildman–Crippen MR) is 121 cm³/mol. The van der Waals surface area contributed by atoms with Crippen LogP contribution >= 0.6 is 0 Å². The Labute approximate surface area is 189 Å². The molecule has 2 heterocycles. The van der Waals surface area contributed by atoms with Gasteiger partial charge in [0.15, 0.2) is 11.6 Å². The molecule has 1 aliphatic carbocycles. The van der Waals surface area contributed by atoms with Crippen LogP contribution in [-0.2, 0) is 0 Å². The summed E-state index contributed by atoms with van der Waals surface area (Å²) < 4.78 is 43.3. The molecule has 2 aromatic rings. The summed E-state index contributed by atoms with van der Waals surface area (Å²) in [5.41, 5.74) is 7.34. The minimum absolute atomic E-state index is 0.00347. The number of anilines is 1. The molecule has 3 N–H and O–H groups in total. The first-order chi connectivity index (χ1) is 15.9. The van der Waals surface area contributed by atoms with Gasteiger partial charge in [-0.25, -0.2) is 14.4 Å². The van der Waals surface area contributed by atoms with Crippen molar-refractivity contribution < 1.29 is 17.9 Å². The molecular formula is C23H25F3N6O. The van der Waals surface area contributed by atoms with Gasteiger partial charge in [0.1, 0.15) is 11.6 Å². The van der Waals surface area contributed by atoms with Gasteiger partial charge in [-0.2, -0.15) is 13.8 Å². The third-order valence-electron chi connectivity index (χ3n) is 6.34. The lowest BCUT2D eigenvalue weighted by Crippen LogP contribution is -2.44. The summed E-state index contributed by atoms with van der Waals surface area (Å²) in [7, 11) is 0. The van der Waals surface area contributed by atoms with E-state index in [0.29, 0.717) is 22.5 Å². The molecule has 0 bridgehead atoms. The van der Waals surface area contributed by atoms with Crippen LogP contribution in [0.3, 0.4) is 0 Å². The SMILES string of the molecule is N=C/C(=C\C(N)=Nc1nc(N2CCC3(CCC3)CC2)ncc1F)c1ccc(OC(F)F)cc1.